The molecular formula is C12H19N5. The smallest absolute Gasteiger partial charge is 0.153 e. The van der Waals surface area contributed by atoms with Crippen molar-refractivity contribution in [3.8, 4) is 0 Å². The van der Waals surface area contributed by atoms with E-state index in [4.69, 9.17) is 5.73 Å². The van der Waals surface area contributed by atoms with Crippen LogP contribution in [0.4, 0.5) is 5.82 Å². The van der Waals surface area contributed by atoms with Crippen molar-refractivity contribution in [2.45, 2.75) is 40.5 Å². The lowest BCUT2D eigenvalue weighted by Gasteiger charge is -2.03. The minimum absolute atomic E-state index is 0.412. The molecule has 0 bridgehead atoms. The molecule has 0 aliphatic heterocycles. The number of nitrogens with two attached hydrogens (primary N) is 1. The fourth-order valence-corrected chi connectivity index (χ4v) is 1.33. The molecule has 0 aromatic carbocycles. The molecule has 0 radical (unpaired) electrons. The fraction of sp³-hybridized carbons (Fsp3) is 0.500. The zero-order valence-electron chi connectivity index (χ0n) is 10.9. The lowest BCUT2D eigenvalue weighted by atomic mass is 10.3. The molecule has 5 heteroatoms. The first-order chi connectivity index (χ1) is 8.13. The summed E-state index contributed by atoms with van der Waals surface area (Å²) < 4.78 is 0. The normalized spacial score (nSPS) is 9.88. The molecule has 2 aromatic heterocycles. The second-order valence-corrected chi connectivity index (χ2v) is 3.74. The van der Waals surface area contributed by atoms with Gasteiger partial charge in [0.05, 0.1) is 5.69 Å². The summed E-state index contributed by atoms with van der Waals surface area (Å²) in [5.41, 5.74) is 7.94. The molecule has 0 fully saturated rings. The summed E-state index contributed by atoms with van der Waals surface area (Å²) >= 11 is 0. The van der Waals surface area contributed by atoms with Crippen molar-refractivity contribution in [3.05, 3.63) is 17.8 Å². The summed E-state index contributed by atoms with van der Waals surface area (Å²) in [6, 6.07) is 0. The molecule has 92 valence electrons. The molecule has 0 saturated heterocycles. The zero-order valence-corrected chi connectivity index (χ0v) is 10.9. The quantitative estimate of drug-likeness (QED) is 0.817. The number of aryl methyl sites for hydroxylation is 2. The van der Waals surface area contributed by atoms with E-state index in [0.717, 1.165) is 23.5 Å². The Kier molecular flexibility index (Phi) is 4.75. The molecule has 2 rings (SSSR count). The van der Waals surface area contributed by atoms with Gasteiger partial charge in [-0.05, 0) is 6.92 Å². The van der Waals surface area contributed by atoms with Crippen molar-refractivity contribution in [1.82, 2.24) is 19.9 Å². The number of aromatic nitrogens is 4. The predicted molar refractivity (Wildman–Crippen MR) is 69.6 cm³/mol. The molecular weight excluding hydrogens is 214 g/mol. The van der Waals surface area contributed by atoms with Gasteiger partial charge in [-0.15, -0.1) is 0 Å². The SMILES string of the molecule is CCC.CCc1nc(C)c2ncnc(N)c2n1. The van der Waals surface area contributed by atoms with Crippen LogP contribution in [0.1, 0.15) is 38.7 Å². The van der Waals surface area contributed by atoms with Crippen molar-refractivity contribution in [2.24, 2.45) is 0 Å². The largest absolute Gasteiger partial charge is 0.382 e. The van der Waals surface area contributed by atoms with E-state index in [1.54, 1.807) is 0 Å². The highest BCUT2D eigenvalue weighted by Gasteiger charge is 2.07. The molecule has 0 aliphatic rings. The molecule has 17 heavy (non-hydrogen) atoms. The van der Waals surface area contributed by atoms with Crippen LogP contribution in [0.5, 0.6) is 0 Å². The molecule has 0 spiro atoms. The number of hydrogen-bond acceptors (Lipinski definition) is 5. The van der Waals surface area contributed by atoms with Gasteiger partial charge in [-0.1, -0.05) is 27.2 Å². The maximum atomic E-state index is 5.71. The highest BCUT2D eigenvalue weighted by molar-refractivity contribution is 5.84. The first-order valence-corrected chi connectivity index (χ1v) is 5.87. The van der Waals surface area contributed by atoms with Crippen LogP contribution in [-0.4, -0.2) is 19.9 Å². The number of anilines is 1. The zero-order chi connectivity index (χ0) is 12.8. The summed E-state index contributed by atoms with van der Waals surface area (Å²) in [4.78, 5) is 16.6. The van der Waals surface area contributed by atoms with Gasteiger partial charge in [0.25, 0.3) is 0 Å². The van der Waals surface area contributed by atoms with Gasteiger partial charge >= 0.3 is 0 Å². The monoisotopic (exact) mass is 233 g/mol. The molecule has 0 atom stereocenters. The van der Waals surface area contributed by atoms with Crippen LogP contribution in [0.25, 0.3) is 11.0 Å². The van der Waals surface area contributed by atoms with Gasteiger partial charge in [0.1, 0.15) is 23.2 Å². The van der Waals surface area contributed by atoms with Gasteiger partial charge < -0.3 is 5.73 Å². The Hall–Kier alpha value is -1.78. The van der Waals surface area contributed by atoms with E-state index in [0.29, 0.717) is 11.3 Å². The summed E-state index contributed by atoms with van der Waals surface area (Å²) in [6.07, 6.45) is 3.46. The van der Waals surface area contributed by atoms with Crippen LogP contribution >= 0.6 is 0 Å². The maximum absolute atomic E-state index is 5.71. The molecule has 0 amide bonds. The first-order valence-electron chi connectivity index (χ1n) is 5.87. The maximum Gasteiger partial charge on any atom is 0.153 e. The second kappa shape index (κ2) is 6.08. The number of nitrogen functional groups attached to an aromatic ring is 1. The van der Waals surface area contributed by atoms with Gasteiger partial charge in [0, 0.05) is 6.42 Å². The second-order valence-electron chi connectivity index (χ2n) is 3.74. The Morgan fingerprint density at radius 2 is 1.71 bits per heavy atom. The van der Waals surface area contributed by atoms with Crippen molar-refractivity contribution in [1.29, 1.82) is 0 Å². The van der Waals surface area contributed by atoms with Crippen LogP contribution < -0.4 is 5.73 Å². The van der Waals surface area contributed by atoms with Crippen molar-refractivity contribution >= 4 is 16.9 Å². The van der Waals surface area contributed by atoms with Crippen LogP contribution in [0.15, 0.2) is 6.33 Å². The molecule has 0 unspecified atom stereocenters. The number of rotatable bonds is 1. The van der Waals surface area contributed by atoms with Gasteiger partial charge in [0.2, 0.25) is 0 Å². The van der Waals surface area contributed by atoms with Gasteiger partial charge in [0.15, 0.2) is 5.82 Å². The summed E-state index contributed by atoms with van der Waals surface area (Å²) in [5.74, 6) is 1.19. The Morgan fingerprint density at radius 1 is 1.06 bits per heavy atom. The summed E-state index contributed by atoms with van der Waals surface area (Å²) in [6.45, 7) is 8.15. The topological polar surface area (TPSA) is 77.6 Å². The highest BCUT2D eigenvalue weighted by atomic mass is 15.0. The van der Waals surface area contributed by atoms with Gasteiger partial charge in [-0.3, -0.25) is 0 Å². The van der Waals surface area contributed by atoms with Crippen LogP contribution in [-0.2, 0) is 6.42 Å². The van der Waals surface area contributed by atoms with Crippen molar-refractivity contribution < 1.29 is 0 Å². The van der Waals surface area contributed by atoms with E-state index >= 15 is 0 Å². The van der Waals surface area contributed by atoms with E-state index in [1.807, 2.05) is 13.8 Å². The van der Waals surface area contributed by atoms with Crippen molar-refractivity contribution in [2.75, 3.05) is 5.73 Å². The van der Waals surface area contributed by atoms with Crippen LogP contribution in [0.2, 0.25) is 0 Å². The van der Waals surface area contributed by atoms with E-state index in [1.165, 1.54) is 12.7 Å². The lowest BCUT2D eigenvalue weighted by Crippen LogP contribution is -2.02. The fourth-order valence-electron chi connectivity index (χ4n) is 1.33. The average Bonchev–Trinajstić information content (AvgIpc) is 2.31. The van der Waals surface area contributed by atoms with E-state index in [2.05, 4.69) is 33.8 Å². The minimum Gasteiger partial charge on any atom is -0.382 e. The Labute approximate surface area is 102 Å². The van der Waals surface area contributed by atoms with E-state index < -0.39 is 0 Å². The molecule has 2 aromatic rings. The van der Waals surface area contributed by atoms with E-state index in [9.17, 15) is 0 Å². The molecule has 0 aliphatic carbocycles. The summed E-state index contributed by atoms with van der Waals surface area (Å²) in [7, 11) is 0. The number of hydrogen-bond donors (Lipinski definition) is 1. The molecule has 0 saturated carbocycles. The van der Waals surface area contributed by atoms with E-state index in [-0.39, 0.29) is 0 Å². The standard InChI is InChI=1S/C9H11N5.C3H8/c1-3-6-13-5(2)7-8(14-6)9(10)12-4-11-7;1-3-2/h4H,3H2,1-2H3,(H2,10,11,12);3H2,1-2H3. The third-order valence-electron chi connectivity index (χ3n) is 2.05. The number of fused-ring (bicyclic) bond motifs is 1. The van der Waals surface area contributed by atoms with Gasteiger partial charge in [-0.2, -0.15) is 0 Å². The average molecular weight is 233 g/mol. The predicted octanol–water partition coefficient (Wildman–Crippen LogP) is 2.29. The Balaban J connectivity index is 0.000000437. The van der Waals surface area contributed by atoms with Gasteiger partial charge in [-0.25, -0.2) is 19.9 Å². The number of nitrogens with zero attached hydrogens (tertiary/aromatic N) is 4. The lowest BCUT2D eigenvalue weighted by molar-refractivity contribution is 0.934. The molecule has 2 N–H and O–H groups in total. The van der Waals surface area contributed by atoms with Crippen molar-refractivity contribution in [3.63, 3.8) is 0 Å². The van der Waals surface area contributed by atoms with Crippen LogP contribution in [0, 0.1) is 6.92 Å². The first kappa shape index (κ1) is 13.3. The van der Waals surface area contributed by atoms with Crippen LogP contribution in [0.3, 0.4) is 0 Å². The minimum atomic E-state index is 0.412. The molecule has 5 nitrogen and oxygen atoms in total. The highest BCUT2D eigenvalue weighted by Crippen LogP contribution is 2.16. The Bertz CT molecular complexity index is 495. The molecule has 2 heterocycles. The summed E-state index contributed by atoms with van der Waals surface area (Å²) in [5, 5.41) is 0. The third kappa shape index (κ3) is 3.09. The third-order valence-corrected chi connectivity index (χ3v) is 2.05. The Morgan fingerprint density at radius 3 is 2.29 bits per heavy atom.